The number of rotatable bonds is 0. The Bertz CT molecular complexity index is 333. The second-order valence-corrected chi connectivity index (χ2v) is 4.60. The number of halogens is 5. The Morgan fingerprint density at radius 3 is 2.31 bits per heavy atom. The summed E-state index contributed by atoms with van der Waals surface area (Å²) in [6.07, 6.45) is -4.26. The third-order valence-corrected chi connectivity index (χ3v) is 3.30. The van der Waals surface area contributed by atoms with Gasteiger partial charge < -0.3 is 0 Å². The van der Waals surface area contributed by atoms with Crippen LogP contribution in [0.15, 0.2) is 16.6 Å². The molecule has 0 aromatic heterocycles. The minimum Gasteiger partial charge on any atom is -0.166 e. The van der Waals surface area contributed by atoms with E-state index < -0.39 is 11.7 Å². The predicted octanol–water partition coefficient (Wildman–Crippen LogP) is 4.38. The molecule has 72 valence electrons. The van der Waals surface area contributed by atoms with Gasteiger partial charge in [0.15, 0.2) is 0 Å². The fourth-order valence-electron chi connectivity index (χ4n) is 0.874. The Morgan fingerprint density at radius 1 is 1.31 bits per heavy atom. The topological polar surface area (TPSA) is 0 Å². The average Bonchev–Trinajstić information content (AvgIpc) is 1.94. The molecule has 0 atom stereocenters. The second-order valence-electron chi connectivity index (χ2n) is 2.58. The quantitative estimate of drug-likeness (QED) is 0.599. The molecule has 0 bridgehead atoms. The van der Waals surface area contributed by atoms with E-state index in [0.29, 0.717) is 10.0 Å². The highest BCUT2D eigenvalue weighted by atomic mass is 127. The van der Waals surface area contributed by atoms with Crippen molar-refractivity contribution in [3.05, 3.63) is 31.3 Å². The first-order valence-corrected chi connectivity index (χ1v) is 5.22. The van der Waals surface area contributed by atoms with E-state index in [1.807, 2.05) is 0 Å². The van der Waals surface area contributed by atoms with Gasteiger partial charge in [0.05, 0.1) is 5.56 Å². The number of alkyl halides is 3. The van der Waals surface area contributed by atoms with Crippen molar-refractivity contribution >= 4 is 38.5 Å². The molecule has 0 spiro atoms. The Morgan fingerprint density at radius 2 is 1.85 bits per heavy atom. The van der Waals surface area contributed by atoms with Gasteiger partial charge >= 0.3 is 6.18 Å². The summed E-state index contributed by atoms with van der Waals surface area (Å²) in [5.74, 6) is 0. The molecule has 5 heteroatoms. The van der Waals surface area contributed by atoms with E-state index in [9.17, 15) is 13.2 Å². The molecule has 1 aromatic rings. The maximum absolute atomic E-state index is 12.3. The average molecular weight is 365 g/mol. The van der Waals surface area contributed by atoms with E-state index in [2.05, 4.69) is 15.9 Å². The van der Waals surface area contributed by atoms with E-state index in [-0.39, 0.29) is 3.57 Å². The van der Waals surface area contributed by atoms with Gasteiger partial charge in [0, 0.05) is 8.04 Å². The highest BCUT2D eigenvalue weighted by Gasteiger charge is 2.33. The highest BCUT2D eigenvalue weighted by molar-refractivity contribution is 14.1. The fourth-order valence-corrected chi connectivity index (χ4v) is 2.42. The lowest BCUT2D eigenvalue weighted by Gasteiger charge is -2.10. The minimum atomic E-state index is -4.26. The SMILES string of the molecule is Cc1cc(C(F)(F)F)c(I)cc1Br. The maximum atomic E-state index is 12.3. The zero-order valence-corrected chi connectivity index (χ0v) is 10.3. The summed E-state index contributed by atoms with van der Waals surface area (Å²) in [7, 11) is 0. The van der Waals surface area contributed by atoms with Crippen molar-refractivity contribution in [1.29, 1.82) is 0 Å². The van der Waals surface area contributed by atoms with E-state index in [1.165, 1.54) is 6.07 Å². The van der Waals surface area contributed by atoms with E-state index in [1.54, 1.807) is 29.5 Å². The van der Waals surface area contributed by atoms with Crippen LogP contribution in [-0.2, 0) is 6.18 Å². The number of hydrogen-bond acceptors (Lipinski definition) is 0. The number of benzene rings is 1. The predicted molar refractivity (Wildman–Crippen MR) is 56.6 cm³/mol. The molecular formula is C8H5BrF3I. The largest absolute Gasteiger partial charge is 0.417 e. The summed E-state index contributed by atoms with van der Waals surface area (Å²) < 4.78 is 37.9. The van der Waals surface area contributed by atoms with Gasteiger partial charge in [0.2, 0.25) is 0 Å². The van der Waals surface area contributed by atoms with Crippen molar-refractivity contribution in [2.75, 3.05) is 0 Å². The molecule has 0 aliphatic carbocycles. The standard InChI is InChI=1S/C8H5BrF3I/c1-4-2-5(8(10,11)12)7(13)3-6(4)9/h2-3H,1H3. The fraction of sp³-hybridized carbons (Fsp3) is 0.250. The summed E-state index contributed by atoms with van der Waals surface area (Å²) in [4.78, 5) is 0. The van der Waals surface area contributed by atoms with Crippen LogP contribution in [0.4, 0.5) is 13.2 Å². The molecule has 0 heterocycles. The lowest BCUT2D eigenvalue weighted by molar-refractivity contribution is -0.138. The van der Waals surface area contributed by atoms with Gasteiger partial charge in [-0.15, -0.1) is 0 Å². The Balaban J connectivity index is 3.32. The van der Waals surface area contributed by atoms with Gasteiger partial charge in [-0.25, -0.2) is 0 Å². The molecule has 0 nitrogen and oxygen atoms in total. The third kappa shape index (κ3) is 2.59. The van der Waals surface area contributed by atoms with Crippen molar-refractivity contribution in [1.82, 2.24) is 0 Å². The molecular weight excluding hydrogens is 360 g/mol. The molecule has 0 aliphatic rings. The molecule has 0 radical (unpaired) electrons. The summed E-state index contributed by atoms with van der Waals surface area (Å²) >= 11 is 4.85. The van der Waals surface area contributed by atoms with Crippen LogP contribution in [0.1, 0.15) is 11.1 Å². The normalized spacial score (nSPS) is 11.8. The minimum absolute atomic E-state index is 0.211. The highest BCUT2D eigenvalue weighted by Crippen LogP contribution is 2.35. The Labute approximate surface area is 95.8 Å². The first-order valence-electron chi connectivity index (χ1n) is 3.35. The van der Waals surface area contributed by atoms with Crippen molar-refractivity contribution in [2.24, 2.45) is 0 Å². The van der Waals surface area contributed by atoms with Crippen molar-refractivity contribution < 1.29 is 13.2 Å². The van der Waals surface area contributed by atoms with E-state index >= 15 is 0 Å². The van der Waals surface area contributed by atoms with Crippen LogP contribution in [-0.4, -0.2) is 0 Å². The van der Waals surface area contributed by atoms with Gasteiger partial charge in [0.1, 0.15) is 0 Å². The second kappa shape index (κ2) is 3.76. The van der Waals surface area contributed by atoms with Gasteiger partial charge in [-0.1, -0.05) is 15.9 Å². The summed E-state index contributed by atoms with van der Waals surface area (Å²) in [6.45, 7) is 1.63. The molecule has 1 rings (SSSR count). The Hall–Kier alpha value is 0.220. The van der Waals surface area contributed by atoms with E-state index in [0.717, 1.165) is 6.07 Å². The zero-order valence-electron chi connectivity index (χ0n) is 6.54. The molecule has 0 amide bonds. The van der Waals surface area contributed by atoms with Crippen molar-refractivity contribution in [3.8, 4) is 0 Å². The van der Waals surface area contributed by atoms with Crippen molar-refractivity contribution in [2.45, 2.75) is 13.1 Å². The smallest absolute Gasteiger partial charge is 0.166 e. The first kappa shape index (κ1) is 11.3. The molecule has 0 unspecified atom stereocenters. The van der Waals surface area contributed by atoms with Crippen LogP contribution in [0.25, 0.3) is 0 Å². The van der Waals surface area contributed by atoms with Gasteiger partial charge in [-0.3, -0.25) is 0 Å². The molecule has 0 saturated carbocycles. The van der Waals surface area contributed by atoms with Crippen LogP contribution >= 0.6 is 38.5 Å². The molecule has 1 aromatic carbocycles. The van der Waals surface area contributed by atoms with Crippen LogP contribution in [0.3, 0.4) is 0 Å². The van der Waals surface area contributed by atoms with E-state index in [4.69, 9.17) is 0 Å². The first-order chi connectivity index (χ1) is 5.82. The van der Waals surface area contributed by atoms with Gasteiger partial charge in [-0.05, 0) is 47.2 Å². The maximum Gasteiger partial charge on any atom is 0.417 e. The summed E-state index contributed by atoms with van der Waals surface area (Å²) in [6, 6.07) is 2.62. The van der Waals surface area contributed by atoms with Gasteiger partial charge in [-0.2, -0.15) is 13.2 Å². The molecule has 0 saturated heterocycles. The van der Waals surface area contributed by atoms with Crippen LogP contribution < -0.4 is 0 Å². The number of hydrogen-bond donors (Lipinski definition) is 0. The van der Waals surface area contributed by atoms with Crippen LogP contribution in [0.2, 0.25) is 0 Å². The molecule has 0 fully saturated rings. The number of aryl methyl sites for hydroxylation is 1. The van der Waals surface area contributed by atoms with Crippen LogP contribution in [0.5, 0.6) is 0 Å². The van der Waals surface area contributed by atoms with Crippen molar-refractivity contribution in [3.63, 3.8) is 0 Å². The monoisotopic (exact) mass is 364 g/mol. The zero-order chi connectivity index (χ0) is 10.2. The van der Waals surface area contributed by atoms with Gasteiger partial charge in [0.25, 0.3) is 0 Å². The third-order valence-electron chi connectivity index (χ3n) is 1.55. The molecule has 0 N–H and O–H groups in total. The Kier molecular flexibility index (Phi) is 3.27. The molecule has 13 heavy (non-hydrogen) atoms. The summed E-state index contributed by atoms with van der Waals surface area (Å²) in [5, 5.41) is 0. The molecule has 0 aliphatic heterocycles. The van der Waals surface area contributed by atoms with Crippen LogP contribution in [0, 0.1) is 10.5 Å². The lowest BCUT2D eigenvalue weighted by Crippen LogP contribution is -2.07. The lowest BCUT2D eigenvalue weighted by atomic mass is 10.1. The summed E-state index contributed by atoms with van der Waals surface area (Å²) in [5.41, 5.74) is 0.0153.